The summed E-state index contributed by atoms with van der Waals surface area (Å²) in [6.45, 7) is 0.820. The van der Waals surface area contributed by atoms with Gasteiger partial charge in [0, 0.05) is 25.8 Å². The summed E-state index contributed by atoms with van der Waals surface area (Å²) in [6, 6.07) is 5.04. The lowest BCUT2D eigenvalue weighted by molar-refractivity contribution is -0.124. The number of benzene rings is 1. The van der Waals surface area contributed by atoms with Crippen molar-refractivity contribution < 1.29 is 18.7 Å². The van der Waals surface area contributed by atoms with Crippen molar-refractivity contribution in [3.05, 3.63) is 30.1 Å². The Morgan fingerprint density at radius 1 is 1.45 bits per heavy atom. The first kappa shape index (κ1) is 14.5. The van der Waals surface area contributed by atoms with Crippen LogP contribution < -0.4 is 10.2 Å². The van der Waals surface area contributed by atoms with E-state index >= 15 is 0 Å². The number of nitrogens with zero attached hydrogens (tertiary/aromatic N) is 1. The summed E-state index contributed by atoms with van der Waals surface area (Å²) in [5.74, 6) is -0.706. The van der Waals surface area contributed by atoms with Gasteiger partial charge in [-0.15, -0.1) is 0 Å². The lowest BCUT2D eigenvalue weighted by atomic mass is 10.2. The molecule has 5 nitrogen and oxygen atoms in total. The molecule has 1 N–H and O–H groups in total. The van der Waals surface area contributed by atoms with Crippen LogP contribution in [0.2, 0.25) is 0 Å². The minimum absolute atomic E-state index is 0.122. The highest BCUT2D eigenvalue weighted by molar-refractivity contribution is 6.03. The van der Waals surface area contributed by atoms with Gasteiger partial charge in [0.1, 0.15) is 11.9 Å². The van der Waals surface area contributed by atoms with Gasteiger partial charge in [-0.3, -0.25) is 14.5 Å². The first-order valence-electron chi connectivity index (χ1n) is 6.47. The molecule has 2 amide bonds. The number of amides is 2. The number of nitrogens with one attached hydrogen (secondary N) is 1. The molecule has 0 bridgehead atoms. The molecule has 1 fully saturated rings. The van der Waals surface area contributed by atoms with Gasteiger partial charge in [0.05, 0.1) is 6.61 Å². The minimum atomic E-state index is -0.537. The van der Waals surface area contributed by atoms with E-state index in [0.29, 0.717) is 31.7 Å². The lowest BCUT2D eigenvalue weighted by Crippen LogP contribution is -2.45. The van der Waals surface area contributed by atoms with Crippen LogP contribution in [0, 0.1) is 5.82 Å². The van der Waals surface area contributed by atoms with Crippen LogP contribution >= 0.6 is 0 Å². The third-order valence-electron chi connectivity index (χ3n) is 3.22. The second-order valence-corrected chi connectivity index (χ2v) is 4.58. The third-order valence-corrected chi connectivity index (χ3v) is 3.22. The molecule has 108 valence electrons. The van der Waals surface area contributed by atoms with Crippen LogP contribution in [-0.2, 0) is 14.3 Å². The number of carbonyl (C=O) groups is 2. The van der Waals surface area contributed by atoms with Crippen LogP contribution in [0.5, 0.6) is 0 Å². The molecular weight excluding hydrogens is 263 g/mol. The number of methoxy groups -OCH3 is 1. The number of anilines is 1. The maximum Gasteiger partial charge on any atom is 0.243 e. The van der Waals surface area contributed by atoms with Crippen LogP contribution in [-0.4, -0.2) is 38.1 Å². The second-order valence-electron chi connectivity index (χ2n) is 4.58. The Bertz CT molecular complexity index is 490. The van der Waals surface area contributed by atoms with Crippen LogP contribution in [0.25, 0.3) is 0 Å². The Kier molecular flexibility index (Phi) is 4.68. The highest BCUT2D eigenvalue weighted by atomic mass is 19.1. The van der Waals surface area contributed by atoms with E-state index < -0.39 is 6.04 Å². The summed E-state index contributed by atoms with van der Waals surface area (Å²) >= 11 is 0. The summed E-state index contributed by atoms with van der Waals surface area (Å²) in [5, 5.41) is 2.73. The van der Waals surface area contributed by atoms with Crippen LogP contribution in [0.3, 0.4) is 0 Å². The van der Waals surface area contributed by atoms with Gasteiger partial charge in [-0.1, -0.05) is 0 Å². The molecule has 1 aromatic carbocycles. The van der Waals surface area contributed by atoms with Gasteiger partial charge in [-0.05, 0) is 30.7 Å². The molecule has 1 aromatic rings. The van der Waals surface area contributed by atoms with Crippen molar-refractivity contribution in [2.75, 3.05) is 25.2 Å². The predicted molar refractivity (Wildman–Crippen MR) is 71.8 cm³/mol. The first-order chi connectivity index (χ1) is 9.63. The molecule has 0 aliphatic carbocycles. The van der Waals surface area contributed by atoms with E-state index in [0.717, 1.165) is 0 Å². The van der Waals surface area contributed by atoms with Crippen molar-refractivity contribution in [1.29, 1.82) is 0 Å². The maximum atomic E-state index is 12.9. The van der Waals surface area contributed by atoms with Gasteiger partial charge < -0.3 is 10.1 Å². The summed E-state index contributed by atoms with van der Waals surface area (Å²) in [7, 11) is 1.55. The number of hydrogen-bond acceptors (Lipinski definition) is 3. The van der Waals surface area contributed by atoms with Crippen molar-refractivity contribution in [2.45, 2.75) is 18.9 Å². The molecule has 1 saturated heterocycles. The van der Waals surface area contributed by atoms with Gasteiger partial charge in [0.2, 0.25) is 11.8 Å². The average Bonchev–Trinajstić information content (AvgIpc) is 2.82. The highest BCUT2D eigenvalue weighted by Gasteiger charge is 2.36. The molecule has 6 heteroatoms. The molecule has 1 aliphatic heterocycles. The zero-order valence-corrected chi connectivity index (χ0v) is 11.3. The Morgan fingerprint density at radius 2 is 2.15 bits per heavy atom. The zero-order chi connectivity index (χ0) is 14.5. The van der Waals surface area contributed by atoms with Crippen molar-refractivity contribution in [2.24, 2.45) is 0 Å². The Morgan fingerprint density at radius 3 is 2.80 bits per heavy atom. The summed E-state index contributed by atoms with van der Waals surface area (Å²) in [5.41, 5.74) is 0.542. The monoisotopic (exact) mass is 280 g/mol. The van der Waals surface area contributed by atoms with Crippen LogP contribution in [0.1, 0.15) is 12.8 Å². The van der Waals surface area contributed by atoms with E-state index in [2.05, 4.69) is 5.32 Å². The molecule has 1 heterocycles. The molecule has 2 rings (SSSR count). The third kappa shape index (κ3) is 3.14. The molecule has 0 aromatic heterocycles. The SMILES string of the molecule is COCCNC(=O)C1CCC(=O)N1c1ccc(F)cc1. The number of rotatable bonds is 5. The fourth-order valence-electron chi connectivity index (χ4n) is 2.25. The normalized spacial score (nSPS) is 18.4. The number of hydrogen-bond donors (Lipinski definition) is 1. The minimum Gasteiger partial charge on any atom is -0.383 e. The average molecular weight is 280 g/mol. The highest BCUT2D eigenvalue weighted by Crippen LogP contribution is 2.26. The molecule has 1 unspecified atom stereocenters. The fraction of sp³-hybridized carbons (Fsp3) is 0.429. The van der Waals surface area contributed by atoms with Gasteiger partial charge in [0.25, 0.3) is 0 Å². The quantitative estimate of drug-likeness (QED) is 0.821. The van der Waals surface area contributed by atoms with Crippen molar-refractivity contribution >= 4 is 17.5 Å². The predicted octanol–water partition coefficient (Wildman–Crippen LogP) is 1.08. The topological polar surface area (TPSA) is 58.6 Å². The largest absolute Gasteiger partial charge is 0.383 e. The van der Waals surface area contributed by atoms with E-state index in [4.69, 9.17) is 4.74 Å². The molecule has 0 spiro atoms. The smallest absolute Gasteiger partial charge is 0.243 e. The van der Waals surface area contributed by atoms with Crippen LogP contribution in [0.4, 0.5) is 10.1 Å². The number of ether oxygens (including phenoxy) is 1. The fourth-order valence-corrected chi connectivity index (χ4v) is 2.25. The van der Waals surface area contributed by atoms with Crippen LogP contribution in [0.15, 0.2) is 24.3 Å². The van der Waals surface area contributed by atoms with Gasteiger partial charge in [0.15, 0.2) is 0 Å². The van der Waals surface area contributed by atoms with Crippen molar-refractivity contribution in [1.82, 2.24) is 5.32 Å². The standard InChI is InChI=1S/C14H17FN2O3/c1-20-9-8-16-14(19)12-6-7-13(18)17(12)11-4-2-10(15)3-5-11/h2-5,12H,6-9H2,1H3,(H,16,19). The first-order valence-corrected chi connectivity index (χ1v) is 6.47. The second kappa shape index (κ2) is 6.47. The van der Waals surface area contributed by atoms with E-state index in [1.54, 1.807) is 7.11 Å². The van der Waals surface area contributed by atoms with E-state index in [-0.39, 0.29) is 17.6 Å². The summed E-state index contributed by atoms with van der Waals surface area (Å²) in [6.07, 6.45) is 0.786. The zero-order valence-electron chi connectivity index (χ0n) is 11.3. The molecule has 0 saturated carbocycles. The van der Waals surface area contributed by atoms with Gasteiger partial charge in [-0.2, -0.15) is 0 Å². The van der Waals surface area contributed by atoms with Gasteiger partial charge >= 0.3 is 0 Å². The van der Waals surface area contributed by atoms with Crippen molar-refractivity contribution in [3.63, 3.8) is 0 Å². The van der Waals surface area contributed by atoms with Gasteiger partial charge in [-0.25, -0.2) is 4.39 Å². The molecular formula is C14H17FN2O3. The van der Waals surface area contributed by atoms with E-state index in [1.165, 1.54) is 29.2 Å². The summed E-state index contributed by atoms with van der Waals surface area (Å²) < 4.78 is 17.8. The molecule has 1 atom stereocenters. The number of halogens is 1. The maximum absolute atomic E-state index is 12.9. The lowest BCUT2D eigenvalue weighted by Gasteiger charge is -2.24. The Hall–Kier alpha value is -1.95. The molecule has 20 heavy (non-hydrogen) atoms. The Labute approximate surface area is 116 Å². The van der Waals surface area contributed by atoms with E-state index in [9.17, 15) is 14.0 Å². The van der Waals surface area contributed by atoms with E-state index in [1.807, 2.05) is 0 Å². The summed E-state index contributed by atoms with van der Waals surface area (Å²) in [4.78, 5) is 25.4. The Balaban J connectivity index is 2.10. The molecule has 0 radical (unpaired) electrons. The number of carbonyl (C=O) groups excluding carboxylic acids is 2. The molecule has 1 aliphatic rings. The van der Waals surface area contributed by atoms with Crippen molar-refractivity contribution in [3.8, 4) is 0 Å².